The number of nitrogens with one attached hydrogen (secondary N) is 1. The molecule has 0 aliphatic carbocycles. The smallest absolute Gasteiger partial charge is 0.407 e. The molecular weight excluding hydrogens is 428 g/mol. The summed E-state index contributed by atoms with van der Waals surface area (Å²) in [5, 5.41) is 3.01. The van der Waals surface area contributed by atoms with Crippen molar-refractivity contribution in [2.75, 3.05) is 18.0 Å². The van der Waals surface area contributed by atoms with Gasteiger partial charge in [0, 0.05) is 37.0 Å². The topological polar surface area (TPSA) is 74.8 Å². The quantitative estimate of drug-likeness (QED) is 0.670. The Morgan fingerprint density at radius 2 is 1.85 bits per heavy atom. The van der Waals surface area contributed by atoms with Crippen molar-refractivity contribution < 1.29 is 14.3 Å². The fourth-order valence-electron chi connectivity index (χ4n) is 5.09. The zero-order valence-corrected chi connectivity index (χ0v) is 20.7. The lowest BCUT2D eigenvalue weighted by molar-refractivity contribution is -0.117. The summed E-state index contributed by atoms with van der Waals surface area (Å²) >= 11 is 0. The third-order valence-electron chi connectivity index (χ3n) is 6.65. The van der Waals surface area contributed by atoms with Crippen LogP contribution >= 0.6 is 0 Å². The van der Waals surface area contributed by atoms with Crippen LogP contribution in [0.5, 0.6) is 0 Å². The lowest BCUT2D eigenvalue weighted by Gasteiger charge is -2.39. The molecule has 1 saturated heterocycles. The van der Waals surface area contributed by atoms with Gasteiger partial charge in [-0.25, -0.2) is 4.79 Å². The van der Waals surface area contributed by atoms with Crippen molar-refractivity contribution >= 4 is 17.7 Å². The van der Waals surface area contributed by atoms with Crippen LogP contribution in [0.1, 0.15) is 70.7 Å². The zero-order chi connectivity index (χ0) is 24.2. The second kappa shape index (κ2) is 10.6. The number of fused-ring (bicyclic) bond motifs is 1. The molecule has 1 N–H and O–H groups in total. The van der Waals surface area contributed by atoms with E-state index in [9.17, 15) is 9.59 Å². The van der Waals surface area contributed by atoms with E-state index >= 15 is 0 Å². The fraction of sp³-hybridized carbons (Fsp3) is 0.519. The lowest BCUT2D eigenvalue weighted by atomic mass is 9.89. The highest BCUT2D eigenvalue weighted by atomic mass is 16.6. The Kier molecular flexibility index (Phi) is 7.51. The fourth-order valence-corrected chi connectivity index (χ4v) is 5.09. The van der Waals surface area contributed by atoms with Crippen LogP contribution in [0.3, 0.4) is 0 Å². The molecule has 0 saturated carbocycles. The molecule has 2 aromatic rings. The number of ether oxygens (including phenoxy) is 1. The van der Waals surface area contributed by atoms with Gasteiger partial charge in [0.15, 0.2) is 0 Å². The highest BCUT2D eigenvalue weighted by Crippen LogP contribution is 2.39. The predicted octanol–water partition coefficient (Wildman–Crippen LogP) is 5.06. The van der Waals surface area contributed by atoms with E-state index in [0.717, 1.165) is 47.7 Å². The molecule has 0 bridgehead atoms. The number of pyridine rings is 1. The normalized spacial score (nSPS) is 20.7. The molecule has 4 rings (SSSR count). The van der Waals surface area contributed by atoms with Gasteiger partial charge in [-0.05, 0) is 82.4 Å². The molecule has 2 aliphatic heterocycles. The van der Waals surface area contributed by atoms with Crippen LogP contribution in [0.25, 0.3) is 11.1 Å². The van der Waals surface area contributed by atoms with E-state index in [2.05, 4.69) is 28.4 Å². The number of hydrogen-bond acceptors (Lipinski definition) is 5. The van der Waals surface area contributed by atoms with Gasteiger partial charge in [-0.2, -0.15) is 0 Å². The first kappa shape index (κ1) is 24.2. The van der Waals surface area contributed by atoms with Gasteiger partial charge in [-0.15, -0.1) is 0 Å². The number of anilines is 1. The Hall–Kier alpha value is -2.93. The average Bonchev–Trinajstić information content (AvgIpc) is 2.79. The number of likely N-dealkylation sites (tertiary alicyclic amines) is 1. The van der Waals surface area contributed by atoms with Crippen LogP contribution in [0, 0.1) is 0 Å². The van der Waals surface area contributed by atoms with Crippen LogP contribution in [-0.2, 0) is 16.1 Å². The molecule has 3 heterocycles. The van der Waals surface area contributed by atoms with Crippen molar-refractivity contribution in [3.8, 4) is 11.1 Å². The second-order valence-corrected chi connectivity index (χ2v) is 9.77. The molecule has 2 amide bonds. The van der Waals surface area contributed by atoms with Crippen LogP contribution in [0.15, 0.2) is 36.5 Å². The minimum Gasteiger partial charge on any atom is -0.447 e. The van der Waals surface area contributed by atoms with E-state index in [1.165, 1.54) is 19.3 Å². The number of benzene rings is 1. The first-order valence-corrected chi connectivity index (χ1v) is 12.4. The summed E-state index contributed by atoms with van der Waals surface area (Å²) in [4.78, 5) is 33.8. The van der Waals surface area contributed by atoms with Crippen molar-refractivity contribution in [2.45, 2.75) is 78.1 Å². The molecule has 1 aromatic carbocycles. The Bertz CT molecular complexity index is 1020. The highest BCUT2D eigenvalue weighted by molar-refractivity contribution is 5.94. The Morgan fingerprint density at radius 1 is 1.12 bits per heavy atom. The van der Waals surface area contributed by atoms with Gasteiger partial charge in [0.25, 0.3) is 0 Å². The summed E-state index contributed by atoms with van der Waals surface area (Å²) in [6.07, 6.45) is 5.76. The van der Waals surface area contributed by atoms with E-state index in [4.69, 9.17) is 9.72 Å². The first-order chi connectivity index (χ1) is 16.3. The molecular formula is C27H36N4O3. The second-order valence-electron chi connectivity index (χ2n) is 9.77. The number of hydrogen-bond donors (Lipinski definition) is 1. The summed E-state index contributed by atoms with van der Waals surface area (Å²) < 4.78 is 5.32. The Labute approximate surface area is 202 Å². The monoisotopic (exact) mass is 464 g/mol. The number of alkyl carbamates (subject to hydrolysis) is 1. The first-order valence-electron chi connectivity index (χ1n) is 12.4. The molecule has 2 aliphatic rings. The van der Waals surface area contributed by atoms with Crippen molar-refractivity contribution in [2.24, 2.45) is 0 Å². The SMILES string of the molecule is CC(=O)N1c2ccc(-c3ccc(CN4CCCCC4)nc3)cc2[C@H](NC(=O)OC(C)C)C[C@@H]1C. The van der Waals surface area contributed by atoms with E-state index in [1.54, 1.807) is 6.92 Å². The Morgan fingerprint density at radius 3 is 2.50 bits per heavy atom. The summed E-state index contributed by atoms with van der Waals surface area (Å²) in [5.74, 6) is -0.00607. The number of nitrogens with zero attached hydrogens (tertiary/aromatic N) is 3. The summed E-state index contributed by atoms with van der Waals surface area (Å²) in [5.41, 5.74) is 4.86. The van der Waals surface area contributed by atoms with Crippen molar-refractivity contribution in [1.29, 1.82) is 0 Å². The molecule has 7 heteroatoms. The molecule has 0 radical (unpaired) electrons. The third kappa shape index (κ3) is 5.58. The van der Waals surface area contributed by atoms with Gasteiger partial charge >= 0.3 is 6.09 Å². The van der Waals surface area contributed by atoms with E-state index < -0.39 is 6.09 Å². The minimum absolute atomic E-state index is 0.00607. The maximum Gasteiger partial charge on any atom is 0.407 e. The van der Waals surface area contributed by atoms with Crippen LogP contribution < -0.4 is 10.2 Å². The standard InChI is InChI=1S/C27H36N4O3/c1-18(2)34-27(33)29-25-14-19(3)31(20(4)32)26-11-9-21(15-24(25)26)22-8-10-23(28-16-22)17-30-12-6-5-7-13-30/h8-11,15-16,18-19,25H,5-7,12-14,17H2,1-4H3,(H,29,33)/t19-,25+/m0/s1. The number of carbonyl (C=O) groups is 2. The molecule has 34 heavy (non-hydrogen) atoms. The van der Waals surface area contributed by atoms with E-state index in [1.807, 2.05) is 44.0 Å². The van der Waals surface area contributed by atoms with Crippen molar-refractivity contribution in [3.63, 3.8) is 0 Å². The summed E-state index contributed by atoms with van der Waals surface area (Å²) in [6, 6.07) is 10.0. The van der Waals surface area contributed by atoms with Gasteiger partial charge in [-0.3, -0.25) is 14.7 Å². The average molecular weight is 465 g/mol. The van der Waals surface area contributed by atoms with Crippen molar-refractivity contribution in [3.05, 3.63) is 47.8 Å². The number of amides is 2. The van der Waals surface area contributed by atoms with Crippen LogP contribution in [0.4, 0.5) is 10.5 Å². The molecule has 1 aromatic heterocycles. The van der Waals surface area contributed by atoms with E-state index in [-0.39, 0.29) is 24.1 Å². The predicted molar refractivity (Wildman–Crippen MR) is 134 cm³/mol. The van der Waals surface area contributed by atoms with Gasteiger partial charge in [0.2, 0.25) is 5.91 Å². The zero-order valence-electron chi connectivity index (χ0n) is 20.7. The molecule has 0 spiro atoms. The maximum atomic E-state index is 12.4. The van der Waals surface area contributed by atoms with Gasteiger partial charge in [0.05, 0.1) is 17.8 Å². The Balaban J connectivity index is 1.59. The third-order valence-corrected chi connectivity index (χ3v) is 6.65. The van der Waals surface area contributed by atoms with Crippen LogP contribution in [0.2, 0.25) is 0 Å². The highest BCUT2D eigenvalue weighted by Gasteiger charge is 2.33. The molecule has 182 valence electrons. The van der Waals surface area contributed by atoms with E-state index in [0.29, 0.717) is 6.42 Å². The van der Waals surface area contributed by atoms with Gasteiger partial charge in [0.1, 0.15) is 0 Å². The van der Waals surface area contributed by atoms with Gasteiger partial charge in [-0.1, -0.05) is 18.6 Å². The van der Waals surface area contributed by atoms with Gasteiger partial charge < -0.3 is 15.0 Å². The number of carbonyl (C=O) groups excluding carboxylic acids is 2. The molecule has 0 unspecified atom stereocenters. The largest absolute Gasteiger partial charge is 0.447 e. The minimum atomic E-state index is -0.441. The summed E-state index contributed by atoms with van der Waals surface area (Å²) in [7, 11) is 0. The molecule has 1 fully saturated rings. The maximum absolute atomic E-state index is 12.4. The number of piperidine rings is 1. The summed E-state index contributed by atoms with van der Waals surface area (Å²) in [6.45, 7) is 10.4. The van der Waals surface area contributed by atoms with Crippen molar-refractivity contribution in [1.82, 2.24) is 15.2 Å². The lowest BCUT2D eigenvalue weighted by Crippen LogP contribution is -2.45. The molecule has 7 nitrogen and oxygen atoms in total. The van der Waals surface area contributed by atoms with Crippen LogP contribution in [-0.4, -0.2) is 47.1 Å². The number of rotatable bonds is 5. The molecule has 2 atom stereocenters. The number of aromatic nitrogens is 1.